The van der Waals surface area contributed by atoms with Crippen LogP contribution < -0.4 is 0 Å². The predicted molar refractivity (Wildman–Crippen MR) is 105 cm³/mol. The first-order valence-corrected chi connectivity index (χ1v) is 9.89. The highest BCUT2D eigenvalue weighted by Crippen LogP contribution is 2.68. The lowest BCUT2D eigenvalue weighted by molar-refractivity contribution is 0.00419. The van der Waals surface area contributed by atoms with Crippen molar-refractivity contribution in [3.63, 3.8) is 0 Å². The Morgan fingerprint density at radius 3 is 2.37 bits per heavy atom. The highest BCUT2D eigenvalue weighted by molar-refractivity contribution is 5.89. The predicted octanol–water partition coefficient (Wildman–Crippen LogP) is 4.97. The van der Waals surface area contributed by atoms with E-state index in [0.717, 1.165) is 5.56 Å². The molecule has 2 fully saturated rings. The zero-order valence-electron chi connectivity index (χ0n) is 16.6. The Balaban J connectivity index is 1.54. The van der Waals surface area contributed by atoms with E-state index in [2.05, 4.69) is 0 Å². The minimum absolute atomic E-state index is 0.117. The molecule has 1 saturated carbocycles. The summed E-state index contributed by atoms with van der Waals surface area (Å²) in [6, 6.07) is 15.3. The average Bonchev–Trinajstić information content (AvgIpc) is 3.30. The van der Waals surface area contributed by atoms with Gasteiger partial charge in [0.1, 0.15) is 6.61 Å². The highest BCUT2D eigenvalue weighted by Gasteiger charge is 2.72. The number of rotatable bonds is 4. The zero-order chi connectivity index (χ0) is 21.4. The summed E-state index contributed by atoms with van der Waals surface area (Å²) in [6.07, 6.45) is -0.265. The van der Waals surface area contributed by atoms with E-state index < -0.39 is 29.4 Å². The van der Waals surface area contributed by atoms with E-state index in [1.807, 2.05) is 30.3 Å². The standard InChI is InChI=1S/C23H23F2NO4/c1-29-20(27)18-9-7-17(8-10-18)19-13-22(15-23(22,24)25)11-12-26(19)21(28)30-14-16-5-3-2-4-6-16/h2-10,19H,11-15H2,1H3/t19-,22+/m0/s1. The van der Waals surface area contributed by atoms with Crippen molar-refractivity contribution in [1.82, 2.24) is 4.90 Å². The summed E-state index contributed by atoms with van der Waals surface area (Å²) in [5, 5.41) is 0. The van der Waals surface area contributed by atoms with E-state index in [0.29, 0.717) is 11.1 Å². The van der Waals surface area contributed by atoms with E-state index in [-0.39, 0.29) is 32.4 Å². The second kappa shape index (κ2) is 7.70. The number of ether oxygens (including phenoxy) is 2. The summed E-state index contributed by atoms with van der Waals surface area (Å²) in [7, 11) is 1.29. The number of carbonyl (C=O) groups excluding carboxylic acids is 2. The van der Waals surface area contributed by atoms with Gasteiger partial charge >= 0.3 is 12.1 Å². The van der Waals surface area contributed by atoms with Crippen LogP contribution >= 0.6 is 0 Å². The summed E-state index contributed by atoms with van der Waals surface area (Å²) in [5.74, 6) is -3.17. The van der Waals surface area contributed by atoms with E-state index in [1.54, 1.807) is 24.3 Å². The number of hydrogen-bond acceptors (Lipinski definition) is 4. The third kappa shape index (κ3) is 3.76. The van der Waals surface area contributed by atoms with Crippen LogP contribution in [0.5, 0.6) is 0 Å². The number of nitrogens with zero attached hydrogens (tertiary/aromatic N) is 1. The van der Waals surface area contributed by atoms with Gasteiger partial charge in [0.15, 0.2) is 0 Å². The maximum Gasteiger partial charge on any atom is 0.410 e. The molecule has 1 spiro atoms. The Morgan fingerprint density at radius 2 is 1.77 bits per heavy atom. The van der Waals surface area contributed by atoms with Gasteiger partial charge in [0.25, 0.3) is 5.92 Å². The number of amides is 1. The van der Waals surface area contributed by atoms with Gasteiger partial charge in [0.2, 0.25) is 0 Å². The average molecular weight is 415 g/mol. The molecule has 1 heterocycles. The molecule has 1 aliphatic carbocycles. The van der Waals surface area contributed by atoms with Gasteiger partial charge in [0, 0.05) is 18.4 Å². The van der Waals surface area contributed by atoms with Crippen molar-refractivity contribution in [2.45, 2.75) is 37.8 Å². The van der Waals surface area contributed by atoms with Gasteiger partial charge in [-0.3, -0.25) is 0 Å². The van der Waals surface area contributed by atoms with Crippen LogP contribution in [0.2, 0.25) is 0 Å². The molecule has 7 heteroatoms. The Hall–Kier alpha value is -2.96. The smallest absolute Gasteiger partial charge is 0.410 e. The zero-order valence-corrected chi connectivity index (χ0v) is 16.6. The van der Waals surface area contributed by atoms with E-state index in [4.69, 9.17) is 9.47 Å². The third-order valence-electron chi connectivity index (χ3n) is 6.16. The lowest BCUT2D eigenvalue weighted by atomic mass is 9.84. The van der Waals surface area contributed by atoms with Gasteiger partial charge in [-0.15, -0.1) is 0 Å². The molecule has 158 valence electrons. The molecule has 1 saturated heterocycles. The Morgan fingerprint density at radius 1 is 1.10 bits per heavy atom. The fraction of sp³-hybridized carbons (Fsp3) is 0.391. The van der Waals surface area contributed by atoms with Gasteiger partial charge in [-0.25, -0.2) is 18.4 Å². The number of methoxy groups -OCH3 is 1. The SMILES string of the molecule is COC(=O)c1ccc([C@@H]2C[C@]3(CCN2C(=O)OCc2ccccc2)CC3(F)F)cc1. The minimum atomic E-state index is -2.70. The third-order valence-corrected chi connectivity index (χ3v) is 6.16. The quantitative estimate of drug-likeness (QED) is 0.662. The number of likely N-dealkylation sites (tertiary alicyclic amines) is 1. The molecule has 2 aromatic carbocycles. The van der Waals surface area contributed by atoms with Crippen LogP contribution in [-0.2, 0) is 16.1 Å². The van der Waals surface area contributed by atoms with Crippen LogP contribution in [0.1, 0.15) is 46.8 Å². The Bertz CT molecular complexity index is 932. The molecule has 2 atom stereocenters. The van der Waals surface area contributed by atoms with Crippen LogP contribution in [0.3, 0.4) is 0 Å². The molecule has 4 rings (SSSR count). The molecule has 5 nitrogen and oxygen atoms in total. The molecule has 0 aromatic heterocycles. The summed E-state index contributed by atoms with van der Waals surface area (Å²) >= 11 is 0. The maximum atomic E-state index is 14.1. The van der Waals surface area contributed by atoms with Gasteiger partial charge in [-0.1, -0.05) is 42.5 Å². The number of benzene rings is 2. The first kappa shape index (κ1) is 20.3. The second-order valence-electron chi connectivity index (χ2n) is 7.98. The van der Waals surface area contributed by atoms with Crippen molar-refractivity contribution in [2.75, 3.05) is 13.7 Å². The van der Waals surface area contributed by atoms with Crippen LogP contribution in [-0.4, -0.2) is 36.5 Å². The number of hydrogen-bond donors (Lipinski definition) is 0. The van der Waals surface area contributed by atoms with E-state index in [9.17, 15) is 18.4 Å². The number of carbonyl (C=O) groups is 2. The monoisotopic (exact) mass is 415 g/mol. The number of piperidine rings is 1. The minimum Gasteiger partial charge on any atom is -0.465 e. The molecular formula is C23H23F2NO4. The molecule has 2 aromatic rings. The van der Waals surface area contributed by atoms with Crippen molar-refractivity contribution >= 4 is 12.1 Å². The number of halogens is 2. The lowest BCUT2D eigenvalue weighted by Gasteiger charge is -2.39. The molecule has 30 heavy (non-hydrogen) atoms. The molecular weight excluding hydrogens is 392 g/mol. The van der Waals surface area contributed by atoms with Gasteiger partial charge in [-0.05, 0) is 36.1 Å². The van der Waals surface area contributed by atoms with Gasteiger partial charge in [0.05, 0.1) is 18.7 Å². The summed E-state index contributed by atoms with van der Waals surface area (Å²) in [6.45, 7) is 0.318. The first-order chi connectivity index (χ1) is 14.4. The van der Waals surface area contributed by atoms with Crippen molar-refractivity contribution in [3.8, 4) is 0 Å². The van der Waals surface area contributed by atoms with Crippen LogP contribution in [0.4, 0.5) is 13.6 Å². The topological polar surface area (TPSA) is 55.8 Å². The maximum absolute atomic E-state index is 14.1. The molecule has 0 radical (unpaired) electrons. The first-order valence-electron chi connectivity index (χ1n) is 9.89. The van der Waals surface area contributed by atoms with Crippen LogP contribution in [0, 0.1) is 5.41 Å². The molecule has 0 N–H and O–H groups in total. The Labute approximate surface area is 173 Å². The Kier molecular flexibility index (Phi) is 5.22. The molecule has 1 aliphatic heterocycles. The van der Waals surface area contributed by atoms with Crippen molar-refractivity contribution in [1.29, 1.82) is 0 Å². The normalized spacial score (nSPS) is 24.4. The molecule has 1 amide bonds. The number of esters is 1. The van der Waals surface area contributed by atoms with Crippen LogP contribution in [0.15, 0.2) is 54.6 Å². The van der Waals surface area contributed by atoms with Crippen molar-refractivity contribution < 1.29 is 27.8 Å². The van der Waals surface area contributed by atoms with Gasteiger partial charge < -0.3 is 14.4 Å². The lowest BCUT2D eigenvalue weighted by Crippen LogP contribution is -2.43. The van der Waals surface area contributed by atoms with E-state index in [1.165, 1.54) is 12.0 Å². The molecule has 2 aliphatic rings. The van der Waals surface area contributed by atoms with Crippen molar-refractivity contribution in [3.05, 3.63) is 71.3 Å². The van der Waals surface area contributed by atoms with E-state index >= 15 is 0 Å². The molecule has 0 unspecified atom stereocenters. The summed E-state index contributed by atoms with van der Waals surface area (Å²) < 4.78 is 38.3. The van der Waals surface area contributed by atoms with Crippen molar-refractivity contribution in [2.24, 2.45) is 5.41 Å². The second-order valence-corrected chi connectivity index (χ2v) is 7.98. The fourth-order valence-electron chi connectivity index (χ4n) is 4.22. The number of alkyl halides is 2. The van der Waals surface area contributed by atoms with Crippen LogP contribution in [0.25, 0.3) is 0 Å². The summed E-state index contributed by atoms with van der Waals surface area (Å²) in [4.78, 5) is 26.0. The molecule has 0 bridgehead atoms. The largest absolute Gasteiger partial charge is 0.465 e. The highest BCUT2D eigenvalue weighted by atomic mass is 19.3. The fourth-order valence-corrected chi connectivity index (χ4v) is 4.22. The summed E-state index contributed by atoms with van der Waals surface area (Å²) in [5.41, 5.74) is 0.851. The van der Waals surface area contributed by atoms with Gasteiger partial charge in [-0.2, -0.15) is 0 Å².